The van der Waals surface area contributed by atoms with E-state index in [2.05, 4.69) is 41.5 Å². The Morgan fingerprint density at radius 2 is 1.41 bits per heavy atom. The third-order valence-corrected chi connectivity index (χ3v) is 3.84. The highest BCUT2D eigenvalue weighted by Gasteiger charge is 2.47. The number of ether oxygens (including phenoxy) is 1. The highest BCUT2D eigenvalue weighted by atomic mass is 19.3. The predicted molar refractivity (Wildman–Crippen MR) is 66.3 cm³/mol. The lowest BCUT2D eigenvalue weighted by Gasteiger charge is -2.42. The highest BCUT2D eigenvalue weighted by molar-refractivity contribution is 4.91. The molecule has 0 aromatic carbocycles. The van der Waals surface area contributed by atoms with Crippen LogP contribution in [0.15, 0.2) is 0 Å². The number of halogens is 2. The summed E-state index contributed by atoms with van der Waals surface area (Å²) in [5.41, 5.74) is -0.118. The molecule has 0 radical (unpaired) electrons. The van der Waals surface area contributed by atoms with Gasteiger partial charge in [-0.05, 0) is 22.7 Å². The van der Waals surface area contributed by atoms with Gasteiger partial charge in [0.2, 0.25) is 0 Å². The van der Waals surface area contributed by atoms with Crippen molar-refractivity contribution in [3.8, 4) is 0 Å². The zero-order valence-electron chi connectivity index (χ0n) is 11.9. The Morgan fingerprint density at radius 1 is 0.941 bits per heavy atom. The highest BCUT2D eigenvalue weighted by Crippen LogP contribution is 2.47. The van der Waals surface area contributed by atoms with Crippen LogP contribution in [0.3, 0.4) is 0 Å². The van der Waals surface area contributed by atoms with Crippen LogP contribution < -0.4 is 0 Å². The van der Waals surface area contributed by atoms with Crippen molar-refractivity contribution in [1.29, 1.82) is 0 Å². The van der Waals surface area contributed by atoms with Crippen LogP contribution in [-0.2, 0) is 4.74 Å². The van der Waals surface area contributed by atoms with Gasteiger partial charge >= 0.3 is 0 Å². The van der Waals surface area contributed by atoms with E-state index in [1.54, 1.807) is 0 Å². The summed E-state index contributed by atoms with van der Waals surface area (Å²) >= 11 is 0. The maximum Gasteiger partial charge on any atom is 0.271 e. The number of hydrogen-bond donors (Lipinski definition) is 0. The Labute approximate surface area is 104 Å². The van der Waals surface area contributed by atoms with Crippen LogP contribution in [0.5, 0.6) is 0 Å². The molecule has 0 N–H and O–H groups in total. The van der Waals surface area contributed by atoms with Crippen LogP contribution in [0.1, 0.15) is 48.0 Å². The predicted octanol–water partition coefficient (Wildman–Crippen LogP) is 4.37. The molecule has 2 atom stereocenters. The van der Waals surface area contributed by atoms with Gasteiger partial charge in [-0.2, -0.15) is 0 Å². The van der Waals surface area contributed by atoms with E-state index >= 15 is 0 Å². The molecule has 1 saturated heterocycles. The summed E-state index contributed by atoms with van der Waals surface area (Å²) in [6.45, 7) is 12.5. The van der Waals surface area contributed by atoms with E-state index < -0.39 is 12.5 Å². The van der Waals surface area contributed by atoms with E-state index in [9.17, 15) is 8.78 Å². The monoisotopic (exact) mass is 248 g/mol. The summed E-state index contributed by atoms with van der Waals surface area (Å²) in [6, 6.07) is 0. The van der Waals surface area contributed by atoms with E-state index in [-0.39, 0.29) is 29.1 Å². The van der Waals surface area contributed by atoms with Gasteiger partial charge in [-0.15, -0.1) is 0 Å². The first-order chi connectivity index (χ1) is 7.43. The fraction of sp³-hybridized carbons (Fsp3) is 1.00. The van der Waals surface area contributed by atoms with Gasteiger partial charge in [-0.25, -0.2) is 8.78 Å². The van der Waals surface area contributed by atoms with Gasteiger partial charge in [0.25, 0.3) is 5.92 Å². The van der Waals surface area contributed by atoms with Crippen molar-refractivity contribution >= 4 is 0 Å². The minimum Gasteiger partial charge on any atom is -0.375 e. The summed E-state index contributed by atoms with van der Waals surface area (Å²) in [7, 11) is 0. The van der Waals surface area contributed by atoms with Crippen LogP contribution in [0.4, 0.5) is 8.78 Å². The van der Waals surface area contributed by atoms with Crippen LogP contribution >= 0.6 is 0 Å². The lowest BCUT2D eigenvalue weighted by Crippen LogP contribution is -2.39. The van der Waals surface area contributed by atoms with Crippen molar-refractivity contribution in [2.75, 3.05) is 13.2 Å². The molecule has 0 aliphatic carbocycles. The molecule has 102 valence electrons. The van der Waals surface area contributed by atoms with Crippen molar-refractivity contribution in [3.05, 3.63) is 0 Å². The van der Waals surface area contributed by atoms with E-state index in [1.165, 1.54) is 0 Å². The topological polar surface area (TPSA) is 9.23 Å². The van der Waals surface area contributed by atoms with Gasteiger partial charge in [0.1, 0.15) is 6.61 Å². The molecule has 0 aromatic heterocycles. The van der Waals surface area contributed by atoms with Crippen LogP contribution in [0.2, 0.25) is 0 Å². The second-order valence-corrected chi connectivity index (χ2v) is 7.52. The molecule has 1 fully saturated rings. The zero-order valence-corrected chi connectivity index (χ0v) is 11.9. The Bertz CT molecular complexity index is 260. The van der Waals surface area contributed by atoms with Crippen LogP contribution in [0.25, 0.3) is 0 Å². The standard InChI is InChI=1S/C14H26F2O/c1-12(2,3)10-7-14(15,16)9-17-8-11(10)13(4,5)6/h10-11H,7-9H2,1-6H3. The normalized spacial score (nSPS) is 31.1. The largest absolute Gasteiger partial charge is 0.375 e. The van der Waals surface area contributed by atoms with Gasteiger partial charge < -0.3 is 4.74 Å². The van der Waals surface area contributed by atoms with Gasteiger partial charge in [-0.3, -0.25) is 0 Å². The fourth-order valence-corrected chi connectivity index (χ4v) is 2.74. The molecule has 1 aliphatic heterocycles. The molecule has 2 unspecified atom stereocenters. The molecule has 1 rings (SSSR count). The molecule has 0 amide bonds. The van der Waals surface area contributed by atoms with Crippen molar-refractivity contribution in [2.24, 2.45) is 22.7 Å². The molecule has 1 aliphatic rings. The van der Waals surface area contributed by atoms with Crippen molar-refractivity contribution in [2.45, 2.75) is 53.9 Å². The van der Waals surface area contributed by atoms with Gasteiger partial charge in [0.05, 0.1) is 6.61 Å². The molecule has 1 nitrogen and oxygen atoms in total. The maximum absolute atomic E-state index is 13.7. The minimum atomic E-state index is -2.68. The summed E-state index contributed by atoms with van der Waals surface area (Å²) in [6.07, 6.45) is -0.0571. The first-order valence-electron chi connectivity index (χ1n) is 6.39. The molecular weight excluding hydrogens is 222 g/mol. The Kier molecular flexibility index (Phi) is 3.93. The van der Waals surface area contributed by atoms with E-state index in [0.717, 1.165) is 0 Å². The number of hydrogen-bond acceptors (Lipinski definition) is 1. The fourth-order valence-electron chi connectivity index (χ4n) is 2.74. The molecular formula is C14H26F2O. The Hall–Kier alpha value is -0.180. The quantitative estimate of drug-likeness (QED) is 0.618. The minimum absolute atomic E-state index is 0.00162. The first kappa shape index (κ1) is 14.9. The van der Waals surface area contributed by atoms with Crippen LogP contribution in [-0.4, -0.2) is 19.1 Å². The summed E-state index contributed by atoms with van der Waals surface area (Å²) in [5, 5.41) is 0. The molecule has 1 heterocycles. The molecule has 0 bridgehead atoms. The third kappa shape index (κ3) is 3.90. The Morgan fingerprint density at radius 3 is 1.82 bits per heavy atom. The maximum atomic E-state index is 13.7. The summed E-state index contributed by atoms with van der Waals surface area (Å²) < 4.78 is 32.6. The molecule has 0 saturated carbocycles. The SMILES string of the molecule is CC(C)(C)C1COCC(F)(F)CC1C(C)(C)C. The number of rotatable bonds is 0. The van der Waals surface area contributed by atoms with E-state index in [1.807, 2.05) is 0 Å². The molecule has 0 aromatic rings. The summed E-state index contributed by atoms with van der Waals surface area (Å²) in [5.74, 6) is -2.52. The second kappa shape index (κ2) is 4.49. The average Bonchev–Trinajstić information content (AvgIpc) is 2.20. The second-order valence-electron chi connectivity index (χ2n) is 7.52. The van der Waals surface area contributed by atoms with Crippen molar-refractivity contribution < 1.29 is 13.5 Å². The van der Waals surface area contributed by atoms with Gasteiger partial charge in [-0.1, -0.05) is 41.5 Å². The average molecular weight is 248 g/mol. The van der Waals surface area contributed by atoms with Gasteiger partial charge in [0.15, 0.2) is 0 Å². The van der Waals surface area contributed by atoms with Crippen molar-refractivity contribution in [1.82, 2.24) is 0 Å². The zero-order chi connectivity index (χ0) is 13.5. The molecule has 17 heavy (non-hydrogen) atoms. The summed E-state index contributed by atoms with van der Waals surface area (Å²) in [4.78, 5) is 0. The van der Waals surface area contributed by atoms with E-state index in [0.29, 0.717) is 6.61 Å². The van der Waals surface area contributed by atoms with E-state index in [4.69, 9.17) is 4.74 Å². The lowest BCUT2D eigenvalue weighted by atomic mass is 9.63. The first-order valence-corrected chi connectivity index (χ1v) is 6.39. The number of alkyl halides is 2. The smallest absolute Gasteiger partial charge is 0.271 e. The third-order valence-electron chi connectivity index (χ3n) is 3.84. The van der Waals surface area contributed by atoms with Crippen molar-refractivity contribution in [3.63, 3.8) is 0 Å². The van der Waals surface area contributed by atoms with Crippen LogP contribution in [0, 0.1) is 22.7 Å². The Balaban J connectivity index is 3.03. The lowest BCUT2D eigenvalue weighted by molar-refractivity contribution is -0.0768. The molecule has 0 spiro atoms. The molecule has 3 heteroatoms. The van der Waals surface area contributed by atoms with Gasteiger partial charge in [0, 0.05) is 6.42 Å².